The molecule has 11 N–H and O–H groups in total. The van der Waals surface area contributed by atoms with Crippen molar-refractivity contribution in [2.75, 3.05) is 0 Å². The summed E-state index contributed by atoms with van der Waals surface area (Å²) in [5.74, 6) is -5.47. The Morgan fingerprint density at radius 2 is 1.24 bits per heavy atom. The Bertz CT molecular complexity index is 427. The summed E-state index contributed by atoms with van der Waals surface area (Å²) in [7, 11) is -5.17. The summed E-state index contributed by atoms with van der Waals surface area (Å²) in [5.41, 5.74) is -2.99. The molecule has 0 rings (SSSR count). The molecule has 132 valence electrons. The van der Waals surface area contributed by atoms with Gasteiger partial charge in [-0.3, -0.25) is 19.4 Å². The average Bonchev–Trinajstić information content (AvgIpc) is 1.96. The molecule has 0 aromatic heterocycles. The third-order valence-corrected chi connectivity index (χ3v) is 1.94. The fraction of sp³-hybridized carbons (Fsp3) is 0.500. The maximum Gasteiger partial charge on any atom is 1.00 e. The number of aliphatic carboxylic acids is 2. The van der Waals surface area contributed by atoms with Crippen LogP contribution < -0.4 is 191 Å². The number of carbonyl (C=O) groups excluding carboxylic acids is 1. The molecule has 0 aliphatic carbocycles. The number of rotatable bonds is 6. The molecule has 0 heterocycles. The van der Waals surface area contributed by atoms with Crippen LogP contribution in [0.4, 0.5) is 0 Å². The van der Waals surface area contributed by atoms with E-state index in [1.807, 2.05) is 0 Å². The first-order chi connectivity index (χ1) is 7.46. The summed E-state index contributed by atoms with van der Waals surface area (Å²) >= 11 is 0. The SMILES string of the molecule is O.O.O.O=C(O)CC(O)(CC(=O)OP(=O)(O)O)C(=O)O.[H-].[H-].[H-].[H-].[H-].[K+].[K+].[Na+].[Na+].[Na+]. The van der Waals surface area contributed by atoms with Crippen LogP contribution in [0.15, 0.2) is 0 Å². The summed E-state index contributed by atoms with van der Waals surface area (Å²) in [6.45, 7) is 0. The predicted octanol–water partition coefficient (Wildman–Crippen LogP) is -18.6. The van der Waals surface area contributed by atoms with Crippen molar-refractivity contribution >= 4 is 25.7 Å². The van der Waals surface area contributed by atoms with Gasteiger partial charge in [0, 0.05) is 0 Å². The van der Waals surface area contributed by atoms with E-state index in [4.69, 9.17) is 20.0 Å². The Kier molecular flexibility index (Phi) is 61.0. The molecule has 25 heavy (non-hydrogen) atoms. The van der Waals surface area contributed by atoms with E-state index in [0.717, 1.165) is 0 Å². The fourth-order valence-electron chi connectivity index (χ4n) is 0.868. The molecule has 0 bridgehead atoms. The minimum Gasteiger partial charge on any atom is -1.00 e. The van der Waals surface area contributed by atoms with Gasteiger partial charge in [0.2, 0.25) is 0 Å². The van der Waals surface area contributed by atoms with Crippen molar-refractivity contribution in [2.24, 2.45) is 0 Å². The molecule has 0 amide bonds. The van der Waals surface area contributed by atoms with Gasteiger partial charge in [-0.15, -0.1) is 0 Å². The van der Waals surface area contributed by atoms with Gasteiger partial charge in [-0.2, -0.15) is 0 Å². The number of hydrogen-bond donors (Lipinski definition) is 5. The number of aliphatic hydroxyl groups is 1. The molecule has 0 aromatic rings. The molecule has 19 heteroatoms. The van der Waals surface area contributed by atoms with Gasteiger partial charge < -0.3 is 43.4 Å². The molecule has 0 spiro atoms. The largest absolute Gasteiger partial charge is 1.00 e. The quantitative estimate of drug-likeness (QED) is 0.177. The smallest absolute Gasteiger partial charge is 1.00 e. The number of phosphoric ester groups is 1. The molecule has 13 nitrogen and oxygen atoms in total. The number of phosphoric acid groups is 1. The summed E-state index contributed by atoms with van der Waals surface area (Å²) in [6.07, 6.45) is -2.72. The van der Waals surface area contributed by atoms with Crippen LogP contribution in [0.1, 0.15) is 20.0 Å². The Balaban J connectivity index is -0.0000000164. The van der Waals surface area contributed by atoms with Gasteiger partial charge in [0.25, 0.3) is 0 Å². The molecule has 1 unspecified atom stereocenters. The molecular weight excluding hydrogens is 458 g/mol. The Labute approximate surface area is 301 Å². The Hall–Kier alpha value is 4.67. The van der Waals surface area contributed by atoms with Crippen molar-refractivity contribution in [1.82, 2.24) is 0 Å². The van der Waals surface area contributed by atoms with E-state index in [1.165, 1.54) is 0 Å². The van der Waals surface area contributed by atoms with E-state index in [0.29, 0.717) is 0 Å². The van der Waals surface area contributed by atoms with Crippen LogP contribution in [-0.4, -0.2) is 65.0 Å². The van der Waals surface area contributed by atoms with Crippen LogP contribution >= 0.6 is 7.82 Å². The Morgan fingerprint density at radius 1 is 0.920 bits per heavy atom. The molecule has 0 aliphatic heterocycles. The van der Waals surface area contributed by atoms with Gasteiger partial charge in [-0.05, 0) is 0 Å². The average molecular weight is 478 g/mol. The standard InChI is InChI=1S/C6H9O10P.2K.3Na.3H2O.5H/c7-3(8)1-6(12,5(10)11)2-4(9)16-17(13,14)15;;;;;;;;;;;;;/h12H,1-2H2,(H,7,8)(H,10,11)(H2,13,14,15);;;;;;3*1H2;;;;;/q;5*+1;;;;5*-1. The van der Waals surface area contributed by atoms with Crippen molar-refractivity contribution < 1.29 is 264 Å². The van der Waals surface area contributed by atoms with E-state index in [9.17, 15) is 24.1 Å². The van der Waals surface area contributed by atoms with Crippen LogP contribution in [0.5, 0.6) is 0 Å². The zero-order valence-electron chi connectivity index (χ0n) is 19.6. The Morgan fingerprint density at radius 3 is 1.44 bits per heavy atom. The molecule has 1 atom stereocenters. The normalized spacial score (nSPS) is 10.0. The zero-order valence-corrected chi connectivity index (χ0v) is 27.8. The van der Waals surface area contributed by atoms with E-state index < -0.39 is 44.2 Å². The zero-order chi connectivity index (χ0) is 13.9. The molecule has 0 radical (unpaired) electrons. The summed E-state index contributed by atoms with van der Waals surface area (Å²) in [6, 6.07) is 0. The van der Waals surface area contributed by atoms with E-state index in [1.54, 1.807) is 0 Å². The topological polar surface area (TPSA) is 273 Å². The maximum absolute atomic E-state index is 10.8. The summed E-state index contributed by atoms with van der Waals surface area (Å²) in [4.78, 5) is 48.1. The third-order valence-electron chi connectivity index (χ3n) is 1.50. The van der Waals surface area contributed by atoms with Crippen molar-refractivity contribution in [1.29, 1.82) is 0 Å². The number of carbonyl (C=O) groups is 3. The first-order valence-corrected chi connectivity index (χ1v) is 5.45. The minimum atomic E-state index is -5.17. The second-order valence-corrected chi connectivity index (χ2v) is 4.20. The van der Waals surface area contributed by atoms with Crippen molar-refractivity contribution in [3.05, 3.63) is 0 Å². The minimum absolute atomic E-state index is 0. The van der Waals surface area contributed by atoms with Gasteiger partial charge in [0.1, 0.15) is 0 Å². The van der Waals surface area contributed by atoms with Crippen LogP contribution in [0.2, 0.25) is 0 Å². The van der Waals surface area contributed by atoms with Crippen molar-refractivity contribution in [2.45, 2.75) is 18.4 Å². The molecule has 0 aromatic carbocycles. The van der Waals surface area contributed by atoms with Gasteiger partial charge in [-0.1, -0.05) is 0 Å². The third kappa shape index (κ3) is 30.9. The second-order valence-electron chi connectivity index (χ2n) is 3.04. The second kappa shape index (κ2) is 26.7. The molecular formula is C6H20K2Na3O13P. The number of hydrogen-bond acceptors (Lipinski definition) is 6. The first-order valence-electron chi connectivity index (χ1n) is 3.92. The van der Waals surface area contributed by atoms with Gasteiger partial charge >= 0.3 is 217 Å². The number of carboxylic acids is 2. The van der Waals surface area contributed by atoms with Crippen LogP contribution in [0.25, 0.3) is 0 Å². The van der Waals surface area contributed by atoms with E-state index >= 15 is 0 Å². The monoisotopic (exact) mass is 478 g/mol. The van der Waals surface area contributed by atoms with Crippen LogP contribution in [0.3, 0.4) is 0 Å². The maximum atomic E-state index is 10.8. The van der Waals surface area contributed by atoms with E-state index in [-0.39, 0.29) is 215 Å². The van der Waals surface area contributed by atoms with Gasteiger partial charge in [-0.25, -0.2) is 9.36 Å². The van der Waals surface area contributed by atoms with Crippen LogP contribution in [0, 0.1) is 0 Å². The van der Waals surface area contributed by atoms with Crippen LogP contribution in [-0.2, 0) is 23.5 Å². The van der Waals surface area contributed by atoms with Gasteiger partial charge in [0.15, 0.2) is 5.60 Å². The van der Waals surface area contributed by atoms with Gasteiger partial charge in [0.05, 0.1) is 12.8 Å². The van der Waals surface area contributed by atoms with E-state index in [2.05, 4.69) is 4.52 Å². The predicted molar refractivity (Wildman–Crippen MR) is 64.0 cm³/mol. The number of carboxylic acid groups (broad SMARTS) is 2. The molecule has 0 fully saturated rings. The van der Waals surface area contributed by atoms with Crippen molar-refractivity contribution in [3.8, 4) is 0 Å². The molecule has 0 saturated heterocycles. The van der Waals surface area contributed by atoms with Crippen molar-refractivity contribution in [3.63, 3.8) is 0 Å². The fourth-order valence-corrected chi connectivity index (χ4v) is 1.20. The molecule has 0 aliphatic rings. The summed E-state index contributed by atoms with van der Waals surface area (Å²) < 4.78 is 13.7. The first kappa shape index (κ1) is 57.1. The molecule has 0 saturated carbocycles. The summed E-state index contributed by atoms with van der Waals surface area (Å²) in [5, 5.41) is 26.1.